The summed E-state index contributed by atoms with van der Waals surface area (Å²) in [6, 6.07) is 25.7. The van der Waals surface area contributed by atoms with Gasteiger partial charge in [-0.15, -0.1) is 0 Å². The Morgan fingerprint density at radius 2 is 1.39 bits per heavy atom. The minimum atomic E-state index is -0.895. The Morgan fingerprint density at radius 3 is 1.96 bits per heavy atom. The number of carbonyl (C=O) groups is 1. The van der Waals surface area contributed by atoms with E-state index >= 15 is 0 Å². The number of nitrogens with zero attached hydrogens (tertiary/aromatic N) is 1. The van der Waals surface area contributed by atoms with Gasteiger partial charge in [-0.3, -0.25) is 9.69 Å². The van der Waals surface area contributed by atoms with Crippen LogP contribution < -0.4 is 0 Å². The lowest BCUT2D eigenvalue weighted by Gasteiger charge is -2.43. The highest BCUT2D eigenvalue weighted by atomic mass is 16.4. The number of likely N-dealkylation sites (tertiary alicyclic amines) is 1. The molecule has 28 heavy (non-hydrogen) atoms. The summed E-state index contributed by atoms with van der Waals surface area (Å²) >= 11 is 0. The predicted molar refractivity (Wildman–Crippen MR) is 107 cm³/mol. The highest BCUT2D eigenvalue weighted by Gasteiger charge is 2.55. The molecule has 2 N–H and O–H groups in total. The predicted octanol–water partition coefficient (Wildman–Crippen LogP) is 3.48. The second-order valence-corrected chi connectivity index (χ2v) is 7.56. The fourth-order valence-corrected chi connectivity index (χ4v) is 5.10. The molecule has 140 valence electrons. The summed E-state index contributed by atoms with van der Waals surface area (Å²) < 4.78 is 0. The molecule has 0 amide bonds. The fourth-order valence-electron chi connectivity index (χ4n) is 5.10. The summed E-state index contributed by atoms with van der Waals surface area (Å²) in [6.45, 7) is 0.314. The van der Waals surface area contributed by atoms with Crippen molar-refractivity contribution < 1.29 is 15.0 Å². The van der Waals surface area contributed by atoms with Gasteiger partial charge in [0, 0.05) is 13.0 Å². The van der Waals surface area contributed by atoms with Crippen molar-refractivity contribution in [3.63, 3.8) is 0 Å². The summed E-state index contributed by atoms with van der Waals surface area (Å²) in [6.07, 6.45) is -0.435. The molecular formula is C24H21NO3. The molecule has 4 heteroatoms. The van der Waals surface area contributed by atoms with Gasteiger partial charge < -0.3 is 10.2 Å². The largest absolute Gasteiger partial charge is 0.480 e. The van der Waals surface area contributed by atoms with Crippen molar-refractivity contribution in [1.82, 2.24) is 4.90 Å². The number of carboxylic acid groups (broad SMARTS) is 1. The summed E-state index contributed by atoms with van der Waals surface area (Å²) in [5.74, 6) is -0.895. The molecule has 0 saturated carbocycles. The van der Waals surface area contributed by atoms with Gasteiger partial charge in [0.15, 0.2) is 0 Å². The zero-order valence-electron chi connectivity index (χ0n) is 15.3. The molecule has 0 aromatic heterocycles. The molecule has 4 nitrogen and oxygen atoms in total. The van der Waals surface area contributed by atoms with E-state index in [1.807, 2.05) is 47.4 Å². The minimum Gasteiger partial charge on any atom is -0.480 e. The molecule has 1 fully saturated rings. The molecule has 5 rings (SSSR count). The van der Waals surface area contributed by atoms with Crippen LogP contribution in [-0.4, -0.2) is 39.8 Å². The first-order chi connectivity index (χ1) is 13.6. The van der Waals surface area contributed by atoms with Gasteiger partial charge in [-0.05, 0) is 27.8 Å². The van der Waals surface area contributed by atoms with Gasteiger partial charge >= 0.3 is 5.97 Å². The number of aliphatic hydroxyl groups is 1. The Kier molecular flexibility index (Phi) is 3.86. The second kappa shape index (κ2) is 6.30. The molecule has 0 spiro atoms. The standard InChI is InChI=1S/C24H21NO3/c26-17-14-22(23(27)28)25(15-17)24(16-8-2-1-3-9-16)20-12-6-4-10-18(20)19-11-5-7-13-21(19)24/h1-13,17,22,26H,14-15H2,(H,27,28)/t17-,22-/m1/s1. The van der Waals surface area contributed by atoms with E-state index in [1.54, 1.807) is 0 Å². The molecule has 1 saturated heterocycles. The van der Waals surface area contributed by atoms with Gasteiger partial charge in [0.2, 0.25) is 0 Å². The van der Waals surface area contributed by atoms with Crippen molar-refractivity contribution in [2.45, 2.75) is 24.1 Å². The third-order valence-corrected chi connectivity index (χ3v) is 6.11. The van der Waals surface area contributed by atoms with Crippen molar-refractivity contribution in [3.05, 3.63) is 95.6 Å². The molecule has 3 aromatic rings. The van der Waals surface area contributed by atoms with E-state index in [-0.39, 0.29) is 6.42 Å². The van der Waals surface area contributed by atoms with Crippen LogP contribution >= 0.6 is 0 Å². The van der Waals surface area contributed by atoms with Crippen LogP contribution in [0.3, 0.4) is 0 Å². The molecule has 1 aliphatic carbocycles. The zero-order valence-corrected chi connectivity index (χ0v) is 15.3. The van der Waals surface area contributed by atoms with Crippen LogP contribution in [0.15, 0.2) is 78.9 Å². The van der Waals surface area contributed by atoms with Gasteiger partial charge in [0.1, 0.15) is 6.04 Å². The number of benzene rings is 3. The number of carboxylic acids is 1. The topological polar surface area (TPSA) is 60.8 Å². The number of fused-ring (bicyclic) bond motifs is 3. The Hall–Kier alpha value is -2.95. The van der Waals surface area contributed by atoms with Crippen molar-refractivity contribution in [3.8, 4) is 11.1 Å². The number of rotatable bonds is 3. The Labute approximate surface area is 163 Å². The SMILES string of the molecule is O=C(O)[C@H]1C[C@@H](O)CN1C1(c2ccccc2)c2ccccc2-c2ccccc21. The van der Waals surface area contributed by atoms with Gasteiger partial charge in [-0.2, -0.15) is 0 Å². The molecule has 1 heterocycles. The summed E-state index contributed by atoms with van der Waals surface area (Å²) in [4.78, 5) is 14.1. The van der Waals surface area contributed by atoms with Crippen LogP contribution in [0.25, 0.3) is 11.1 Å². The maximum Gasteiger partial charge on any atom is 0.321 e. The van der Waals surface area contributed by atoms with E-state index in [2.05, 4.69) is 36.4 Å². The highest BCUT2D eigenvalue weighted by Crippen LogP contribution is 2.55. The number of aliphatic hydroxyl groups excluding tert-OH is 1. The average Bonchev–Trinajstić information content (AvgIpc) is 3.25. The average molecular weight is 371 g/mol. The van der Waals surface area contributed by atoms with Crippen molar-refractivity contribution in [1.29, 1.82) is 0 Å². The van der Waals surface area contributed by atoms with Crippen molar-refractivity contribution >= 4 is 5.97 Å². The van der Waals surface area contributed by atoms with E-state index < -0.39 is 23.7 Å². The summed E-state index contributed by atoms with van der Waals surface area (Å²) in [5, 5.41) is 20.4. The minimum absolute atomic E-state index is 0.230. The third-order valence-electron chi connectivity index (χ3n) is 6.11. The third kappa shape index (κ3) is 2.22. The quantitative estimate of drug-likeness (QED) is 0.740. The van der Waals surface area contributed by atoms with Crippen LogP contribution in [0, 0.1) is 0 Å². The number of β-amino-alcohol motifs (C(OH)–C–C–N with tert-alkyl or cyclic N) is 1. The van der Waals surface area contributed by atoms with E-state index in [4.69, 9.17) is 0 Å². The number of aliphatic carboxylic acids is 1. The molecule has 0 bridgehead atoms. The zero-order chi connectivity index (χ0) is 19.3. The lowest BCUT2D eigenvalue weighted by Crippen LogP contribution is -2.52. The van der Waals surface area contributed by atoms with Crippen LogP contribution in [0.5, 0.6) is 0 Å². The first-order valence-electron chi connectivity index (χ1n) is 9.56. The Balaban J connectivity index is 1.88. The Morgan fingerprint density at radius 1 is 0.857 bits per heavy atom. The van der Waals surface area contributed by atoms with E-state index in [1.165, 1.54) is 0 Å². The lowest BCUT2D eigenvalue weighted by molar-refractivity contribution is -0.143. The highest BCUT2D eigenvalue weighted by molar-refractivity contribution is 5.84. The molecule has 1 aliphatic heterocycles. The number of hydrogen-bond donors (Lipinski definition) is 2. The smallest absolute Gasteiger partial charge is 0.321 e. The van der Waals surface area contributed by atoms with Gasteiger partial charge in [0.25, 0.3) is 0 Å². The lowest BCUT2D eigenvalue weighted by atomic mass is 9.78. The van der Waals surface area contributed by atoms with Crippen molar-refractivity contribution in [2.75, 3.05) is 6.54 Å². The first-order valence-corrected chi connectivity index (χ1v) is 9.56. The normalized spacial score (nSPS) is 22.6. The molecule has 2 aliphatic rings. The maximum atomic E-state index is 12.2. The molecule has 3 aromatic carbocycles. The first kappa shape index (κ1) is 17.2. The van der Waals surface area contributed by atoms with Crippen LogP contribution in [0.1, 0.15) is 23.1 Å². The molecule has 0 unspecified atom stereocenters. The van der Waals surface area contributed by atoms with Crippen LogP contribution in [-0.2, 0) is 10.3 Å². The van der Waals surface area contributed by atoms with Crippen LogP contribution in [0.2, 0.25) is 0 Å². The molecule has 0 radical (unpaired) electrons. The van der Waals surface area contributed by atoms with Crippen LogP contribution in [0.4, 0.5) is 0 Å². The van der Waals surface area contributed by atoms with E-state index in [0.29, 0.717) is 6.54 Å². The van der Waals surface area contributed by atoms with Crippen molar-refractivity contribution in [2.24, 2.45) is 0 Å². The summed E-state index contributed by atoms with van der Waals surface area (Å²) in [5.41, 5.74) is 4.66. The van der Waals surface area contributed by atoms with E-state index in [0.717, 1.165) is 27.8 Å². The van der Waals surface area contributed by atoms with Gasteiger partial charge in [-0.1, -0.05) is 78.9 Å². The number of hydrogen-bond acceptors (Lipinski definition) is 3. The van der Waals surface area contributed by atoms with Gasteiger partial charge in [-0.25, -0.2) is 0 Å². The maximum absolute atomic E-state index is 12.2. The van der Waals surface area contributed by atoms with Gasteiger partial charge in [0.05, 0.1) is 11.6 Å². The monoisotopic (exact) mass is 371 g/mol. The van der Waals surface area contributed by atoms with E-state index in [9.17, 15) is 15.0 Å². The fraction of sp³-hybridized carbons (Fsp3) is 0.208. The molecule has 2 atom stereocenters. The second-order valence-electron chi connectivity index (χ2n) is 7.56. The Bertz CT molecular complexity index is 1000. The molecular weight excluding hydrogens is 350 g/mol. The summed E-state index contributed by atoms with van der Waals surface area (Å²) in [7, 11) is 0.